The highest BCUT2D eigenvalue weighted by molar-refractivity contribution is 7.48. The van der Waals surface area contributed by atoms with Crippen LogP contribution in [0.25, 0.3) is 0 Å². The number of hydrogen-bond donors (Lipinski definition) is 1. The third-order valence-electron chi connectivity index (χ3n) is 4.82. The molecule has 4 atom stereocenters. The monoisotopic (exact) mass is 444 g/mol. The van der Waals surface area contributed by atoms with Gasteiger partial charge in [-0.1, -0.05) is 6.07 Å². The molecular formula is C18H19F2N2O7P. The molecule has 3 heterocycles. The van der Waals surface area contributed by atoms with Crippen LogP contribution >= 0.6 is 7.82 Å². The Kier molecular flexibility index (Phi) is 5.73. The average molecular weight is 444 g/mol. The Morgan fingerprint density at radius 1 is 1.27 bits per heavy atom. The molecule has 0 spiro atoms. The number of hydrogen-bond acceptors (Lipinski definition) is 7. The minimum absolute atomic E-state index is 0.0214. The Labute approximate surface area is 169 Å². The number of aromatic amines is 1. The largest absolute Gasteiger partial charge is 0.475 e. The number of phosphoric ester groups is 1. The van der Waals surface area contributed by atoms with Crippen LogP contribution in [0.1, 0.15) is 23.8 Å². The van der Waals surface area contributed by atoms with Gasteiger partial charge in [-0.15, -0.1) is 0 Å². The minimum atomic E-state index is -3.88. The first-order chi connectivity index (χ1) is 14.2. The average Bonchev–Trinajstić information content (AvgIpc) is 3.06. The Balaban J connectivity index is 1.38. The van der Waals surface area contributed by atoms with E-state index in [9.17, 15) is 22.9 Å². The summed E-state index contributed by atoms with van der Waals surface area (Å²) in [6.07, 6.45) is -1.16. The van der Waals surface area contributed by atoms with Gasteiger partial charge in [0.1, 0.15) is 24.3 Å². The third-order valence-corrected chi connectivity index (χ3v) is 6.31. The number of nitrogens with zero attached hydrogens (tertiary/aromatic N) is 1. The van der Waals surface area contributed by atoms with E-state index < -0.39 is 43.3 Å². The summed E-state index contributed by atoms with van der Waals surface area (Å²) in [5.41, 5.74) is -0.529. The van der Waals surface area contributed by atoms with E-state index in [4.69, 9.17) is 18.3 Å². The van der Waals surface area contributed by atoms with Crippen molar-refractivity contribution in [2.75, 3.05) is 13.2 Å². The van der Waals surface area contributed by atoms with E-state index in [-0.39, 0.29) is 25.5 Å². The molecule has 2 aromatic rings. The summed E-state index contributed by atoms with van der Waals surface area (Å²) < 4.78 is 62.2. The summed E-state index contributed by atoms with van der Waals surface area (Å²) >= 11 is 0. The summed E-state index contributed by atoms with van der Waals surface area (Å²) in [7, 11) is -3.88. The fourth-order valence-corrected chi connectivity index (χ4v) is 4.86. The number of fused-ring (bicyclic) bond motifs is 1. The maximum absolute atomic E-state index is 13.5. The van der Waals surface area contributed by atoms with Crippen molar-refractivity contribution in [3.05, 3.63) is 68.0 Å². The van der Waals surface area contributed by atoms with Gasteiger partial charge in [-0.25, -0.2) is 13.8 Å². The molecule has 2 aliphatic heterocycles. The molecule has 9 nitrogen and oxygen atoms in total. The molecule has 4 rings (SSSR count). The first-order valence-electron chi connectivity index (χ1n) is 9.22. The molecule has 2 saturated heterocycles. The standard InChI is InChI=1S/C18H19F2N2O7P/c1-10-4-11(6-12(19)5-10)2-3-26-30(25)27-9-15-14(29-30)7-16(28-15)22-8-13(20)17(23)21-18(22)24/h4-6,8,14-16H,2-3,7,9H2,1H3,(H,21,23,24)/t14-,15+,16+,30?/m0/s1. The van der Waals surface area contributed by atoms with Crippen molar-refractivity contribution >= 4 is 7.82 Å². The summed E-state index contributed by atoms with van der Waals surface area (Å²) in [4.78, 5) is 24.9. The van der Waals surface area contributed by atoms with E-state index in [1.54, 1.807) is 13.0 Å². The number of nitrogens with one attached hydrogen (secondary N) is 1. The second-order valence-electron chi connectivity index (χ2n) is 7.12. The molecule has 1 N–H and O–H groups in total. The maximum atomic E-state index is 13.5. The van der Waals surface area contributed by atoms with Gasteiger partial charge in [-0.05, 0) is 36.6 Å². The van der Waals surface area contributed by atoms with Crippen LogP contribution in [0.3, 0.4) is 0 Å². The predicted octanol–water partition coefficient (Wildman–Crippen LogP) is 2.19. The van der Waals surface area contributed by atoms with Gasteiger partial charge in [-0.3, -0.25) is 27.9 Å². The molecule has 162 valence electrons. The Hall–Kier alpha value is -2.17. The lowest BCUT2D eigenvalue weighted by molar-refractivity contribution is -0.0722. The number of halogens is 2. The molecule has 0 aliphatic carbocycles. The van der Waals surface area contributed by atoms with Crippen molar-refractivity contribution in [1.29, 1.82) is 0 Å². The summed E-state index contributed by atoms with van der Waals surface area (Å²) in [5.74, 6) is -1.50. The lowest BCUT2D eigenvalue weighted by Gasteiger charge is -2.29. The van der Waals surface area contributed by atoms with Gasteiger partial charge in [0.05, 0.1) is 19.4 Å². The van der Waals surface area contributed by atoms with E-state index in [0.717, 1.165) is 16.3 Å². The van der Waals surface area contributed by atoms with Gasteiger partial charge in [0.25, 0.3) is 5.56 Å². The van der Waals surface area contributed by atoms with Gasteiger partial charge in [0, 0.05) is 6.42 Å². The molecule has 12 heteroatoms. The van der Waals surface area contributed by atoms with E-state index in [0.29, 0.717) is 12.0 Å². The number of aryl methyl sites for hydroxylation is 1. The summed E-state index contributed by atoms with van der Waals surface area (Å²) in [6, 6.07) is 4.55. The normalized spacial score (nSPS) is 28.4. The molecule has 0 saturated carbocycles. The van der Waals surface area contributed by atoms with Crippen LogP contribution in [-0.2, 0) is 29.3 Å². The number of phosphoric acid groups is 1. The van der Waals surface area contributed by atoms with Gasteiger partial charge in [-0.2, -0.15) is 4.39 Å². The van der Waals surface area contributed by atoms with Gasteiger partial charge >= 0.3 is 13.5 Å². The van der Waals surface area contributed by atoms with E-state index in [1.165, 1.54) is 12.1 Å². The first kappa shape index (κ1) is 21.1. The van der Waals surface area contributed by atoms with Gasteiger partial charge in [0.15, 0.2) is 0 Å². The minimum Gasteiger partial charge on any atom is -0.349 e. The third kappa shape index (κ3) is 4.45. The zero-order valence-corrected chi connectivity index (χ0v) is 16.8. The predicted molar refractivity (Wildman–Crippen MR) is 99.0 cm³/mol. The second-order valence-corrected chi connectivity index (χ2v) is 8.74. The quantitative estimate of drug-likeness (QED) is 0.705. The molecule has 1 aromatic carbocycles. The molecule has 0 bridgehead atoms. The smallest absolute Gasteiger partial charge is 0.349 e. The Morgan fingerprint density at radius 2 is 2.07 bits per heavy atom. The topological polar surface area (TPSA) is 109 Å². The van der Waals surface area contributed by atoms with Crippen LogP contribution in [0, 0.1) is 18.6 Å². The van der Waals surface area contributed by atoms with E-state index in [2.05, 4.69) is 0 Å². The van der Waals surface area contributed by atoms with Crippen molar-refractivity contribution in [2.24, 2.45) is 0 Å². The Bertz CT molecular complexity index is 1100. The highest BCUT2D eigenvalue weighted by atomic mass is 31.2. The van der Waals surface area contributed by atoms with Crippen molar-refractivity contribution in [3.8, 4) is 0 Å². The molecule has 0 radical (unpaired) electrons. The van der Waals surface area contributed by atoms with Crippen LogP contribution in [0.5, 0.6) is 0 Å². The molecule has 0 amide bonds. The molecule has 1 unspecified atom stereocenters. The fourth-order valence-electron chi connectivity index (χ4n) is 3.47. The van der Waals surface area contributed by atoms with Crippen LogP contribution in [-0.4, -0.2) is 35.0 Å². The molecule has 30 heavy (non-hydrogen) atoms. The highest BCUT2D eigenvalue weighted by Crippen LogP contribution is 2.56. The first-order valence-corrected chi connectivity index (χ1v) is 10.7. The molecule has 1 aromatic heterocycles. The zero-order chi connectivity index (χ0) is 21.5. The van der Waals surface area contributed by atoms with E-state index in [1.807, 2.05) is 4.98 Å². The number of aromatic nitrogens is 2. The van der Waals surface area contributed by atoms with Gasteiger partial charge < -0.3 is 4.74 Å². The molecule has 2 aliphatic rings. The lowest BCUT2D eigenvalue weighted by atomic mass is 10.1. The number of rotatable bonds is 5. The Morgan fingerprint density at radius 3 is 2.83 bits per heavy atom. The van der Waals surface area contributed by atoms with Crippen LogP contribution in [0.4, 0.5) is 8.78 Å². The second kappa shape index (κ2) is 8.16. The summed E-state index contributed by atoms with van der Waals surface area (Å²) in [6.45, 7) is 1.63. The van der Waals surface area contributed by atoms with Crippen molar-refractivity contribution in [3.63, 3.8) is 0 Å². The van der Waals surface area contributed by atoms with E-state index >= 15 is 0 Å². The number of H-pyrrole nitrogens is 1. The fraction of sp³-hybridized carbons (Fsp3) is 0.444. The van der Waals surface area contributed by atoms with Gasteiger partial charge in [0.2, 0.25) is 5.82 Å². The van der Waals surface area contributed by atoms with Crippen molar-refractivity contribution < 1.29 is 31.7 Å². The molecule has 2 fully saturated rings. The maximum Gasteiger partial charge on any atom is 0.475 e. The van der Waals surface area contributed by atoms with Crippen molar-refractivity contribution in [2.45, 2.75) is 38.2 Å². The SMILES string of the molecule is Cc1cc(F)cc(CCOP2(=O)OC[C@H]3O[C@@H](n4cc(F)c(=O)[nH]c4=O)C[C@@H]3O2)c1. The van der Waals surface area contributed by atoms with Crippen LogP contribution in [0.2, 0.25) is 0 Å². The zero-order valence-electron chi connectivity index (χ0n) is 15.9. The number of benzene rings is 1. The van der Waals surface area contributed by atoms with Crippen LogP contribution in [0.15, 0.2) is 34.0 Å². The highest BCUT2D eigenvalue weighted by Gasteiger charge is 2.48. The van der Waals surface area contributed by atoms with Crippen molar-refractivity contribution in [1.82, 2.24) is 9.55 Å². The van der Waals surface area contributed by atoms with Crippen LogP contribution < -0.4 is 11.2 Å². The number of ether oxygens (including phenoxy) is 1. The summed E-state index contributed by atoms with van der Waals surface area (Å²) in [5, 5.41) is 0. The molecular weight excluding hydrogens is 425 g/mol. The lowest BCUT2D eigenvalue weighted by Crippen LogP contribution is -2.34.